The molecule has 2 aromatic heterocycles. The standard InChI is InChI=1S/C21H18F3N7O2/c1-30(21(32)33)9-13-18(25)27-20(28-19(13)26)31-16-5-3-2-4-12(16)15(29-31)7-10-6-11(22)8-14(23)17(10)24/h2-6,8H,7,9H2,1H3,(H,32,33)(H4,25,26,27,28). The highest BCUT2D eigenvalue weighted by molar-refractivity contribution is 5.83. The van der Waals surface area contributed by atoms with Crippen LogP contribution < -0.4 is 11.5 Å². The predicted octanol–water partition coefficient (Wildman–Crippen LogP) is 3.10. The number of fused-ring (bicyclic) bond motifs is 1. The molecule has 4 rings (SSSR count). The first-order valence-electron chi connectivity index (χ1n) is 9.62. The van der Waals surface area contributed by atoms with Crippen LogP contribution >= 0.6 is 0 Å². The summed E-state index contributed by atoms with van der Waals surface area (Å²) < 4.78 is 42.9. The van der Waals surface area contributed by atoms with E-state index in [0.717, 1.165) is 11.0 Å². The number of halogens is 3. The van der Waals surface area contributed by atoms with Crippen molar-refractivity contribution in [1.29, 1.82) is 0 Å². The first kappa shape index (κ1) is 21.9. The van der Waals surface area contributed by atoms with Gasteiger partial charge in [-0.2, -0.15) is 19.7 Å². The molecule has 12 heteroatoms. The van der Waals surface area contributed by atoms with Crippen molar-refractivity contribution >= 4 is 28.6 Å². The third-order valence-electron chi connectivity index (χ3n) is 5.06. The fourth-order valence-corrected chi connectivity index (χ4v) is 3.40. The van der Waals surface area contributed by atoms with Crippen LogP contribution in [-0.4, -0.2) is 42.9 Å². The normalized spacial score (nSPS) is 11.2. The number of hydrogen-bond acceptors (Lipinski definition) is 6. The fraction of sp³-hybridized carbons (Fsp3) is 0.143. The summed E-state index contributed by atoms with van der Waals surface area (Å²) in [4.78, 5) is 20.5. The van der Waals surface area contributed by atoms with Gasteiger partial charge in [-0.15, -0.1) is 0 Å². The number of amides is 1. The molecule has 1 amide bonds. The average molecular weight is 457 g/mol. The number of carboxylic acid groups (broad SMARTS) is 1. The van der Waals surface area contributed by atoms with E-state index in [9.17, 15) is 18.0 Å². The number of rotatable bonds is 5. The van der Waals surface area contributed by atoms with E-state index >= 15 is 0 Å². The molecule has 0 aliphatic carbocycles. The van der Waals surface area contributed by atoms with Crippen molar-refractivity contribution in [3.63, 3.8) is 0 Å². The van der Waals surface area contributed by atoms with E-state index in [0.29, 0.717) is 22.7 Å². The second-order valence-corrected chi connectivity index (χ2v) is 7.32. The summed E-state index contributed by atoms with van der Waals surface area (Å²) in [5.74, 6) is -3.43. The summed E-state index contributed by atoms with van der Waals surface area (Å²) in [5, 5.41) is 14.1. The minimum atomic E-state index is -1.29. The fourth-order valence-electron chi connectivity index (χ4n) is 3.40. The third-order valence-corrected chi connectivity index (χ3v) is 5.06. The van der Waals surface area contributed by atoms with E-state index in [2.05, 4.69) is 15.1 Å². The Morgan fingerprint density at radius 2 is 1.79 bits per heavy atom. The van der Waals surface area contributed by atoms with Crippen LogP contribution in [-0.2, 0) is 13.0 Å². The molecule has 0 spiro atoms. The zero-order valence-corrected chi connectivity index (χ0v) is 17.3. The highest BCUT2D eigenvalue weighted by atomic mass is 19.2. The van der Waals surface area contributed by atoms with E-state index in [1.54, 1.807) is 24.3 Å². The summed E-state index contributed by atoms with van der Waals surface area (Å²) in [7, 11) is 1.34. The summed E-state index contributed by atoms with van der Waals surface area (Å²) in [6, 6.07) is 8.26. The minimum absolute atomic E-state index is 0.0000674. The van der Waals surface area contributed by atoms with Gasteiger partial charge < -0.3 is 21.5 Å². The van der Waals surface area contributed by atoms with Crippen LogP contribution in [0.3, 0.4) is 0 Å². The maximum atomic E-state index is 14.2. The molecule has 0 bridgehead atoms. The third kappa shape index (κ3) is 4.10. The van der Waals surface area contributed by atoms with Crippen molar-refractivity contribution < 1.29 is 23.1 Å². The van der Waals surface area contributed by atoms with Crippen molar-refractivity contribution in [3.05, 3.63) is 70.7 Å². The molecule has 2 aromatic carbocycles. The second-order valence-electron chi connectivity index (χ2n) is 7.32. The molecule has 0 aliphatic rings. The number of para-hydroxylation sites is 1. The second kappa shape index (κ2) is 8.30. The first-order valence-corrected chi connectivity index (χ1v) is 9.62. The molecule has 2 heterocycles. The summed E-state index contributed by atoms with van der Waals surface area (Å²) in [5.41, 5.74) is 12.9. The molecule has 0 atom stereocenters. The largest absolute Gasteiger partial charge is 0.465 e. The number of nitrogens with two attached hydrogens (primary N) is 2. The number of nitrogens with zero attached hydrogens (tertiary/aromatic N) is 5. The zero-order valence-electron chi connectivity index (χ0n) is 17.3. The van der Waals surface area contributed by atoms with Gasteiger partial charge in [0, 0.05) is 24.9 Å². The Morgan fingerprint density at radius 1 is 1.12 bits per heavy atom. The Morgan fingerprint density at radius 3 is 2.45 bits per heavy atom. The van der Waals surface area contributed by atoms with Crippen molar-refractivity contribution in [2.24, 2.45) is 0 Å². The van der Waals surface area contributed by atoms with E-state index in [1.807, 2.05) is 0 Å². The summed E-state index contributed by atoms with van der Waals surface area (Å²) in [6.45, 7) is -0.122. The number of carbonyl (C=O) groups is 1. The molecule has 170 valence electrons. The highest BCUT2D eigenvalue weighted by Gasteiger charge is 2.20. The first-order chi connectivity index (χ1) is 15.7. The maximum absolute atomic E-state index is 14.2. The minimum Gasteiger partial charge on any atom is -0.465 e. The smallest absolute Gasteiger partial charge is 0.407 e. The number of benzene rings is 2. The molecule has 0 saturated heterocycles. The number of hydrogen-bond donors (Lipinski definition) is 3. The van der Waals surface area contributed by atoms with Crippen LogP contribution in [0.5, 0.6) is 0 Å². The van der Waals surface area contributed by atoms with Gasteiger partial charge in [-0.25, -0.2) is 18.0 Å². The van der Waals surface area contributed by atoms with Crippen molar-refractivity contribution in [3.8, 4) is 5.95 Å². The predicted molar refractivity (Wildman–Crippen MR) is 114 cm³/mol. The van der Waals surface area contributed by atoms with Crippen molar-refractivity contribution in [1.82, 2.24) is 24.6 Å². The van der Waals surface area contributed by atoms with Crippen molar-refractivity contribution in [2.75, 3.05) is 18.5 Å². The van der Waals surface area contributed by atoms with Crippen LogP contribution in [0.1, 0.15) is 16.8 Å². The van der Waals surface area contributed by atoms with Crippen LogP contribution in [0, 0.1) is 17.5 Å². The summed E-state index contributed by atoms with van der Waals surface area (Å²) in [6.07, 6.45) is -1.37. The number of nitrogen functional groups attached to an aromatic ring is 2. The van der Waals surface area contributed by atoms with Gasteiger partial charge in [-0.05, 0) is 17.7 Å². The molecule has 0 fully saturated rings. The molecule has 0 saturated carbocycles. The molecule has 0 radical (unpaired) electrons. The van der Waals surface area contributed by atoms with Gasteiger partial charge in [0.05, 0.1) is 23.3 Å². The van der Waals surface area contributed by atoms with E-state index in [4.69, 9.17) is 16.6 Å². The van der Waals surface area contributed by atoms with Gasteiger partial charge in [-0.3, -0.25) is 0 Å². The van der Waals surface area contributed by atoms with Crippen molar-refractivity contribution in [2.45, 2.75) is 13.0 Å². The van der Waals surface area contributed by atoms with Gasteiger partial charge in [0.1, 0.15) is 17.5 Å². The number of anilines is 2. The Kier molecular flexibility index (Phi) is 5.50. The Labute approximate surface area is 185 Å². The maximum Gasteiger partial charge on any atom is 0.407 e. The lowest BCUT2D eigenvalue weighted by molar-refractivity contribution is 0.154. The molecule has 0 unspecified atom stereocenters. The molecular formula is C21H18F3N7O2. The lowest BCUT2D eigenvalue weighted by atomic mass is 10.1. The SMILES string of the molecule is CN(Cc1c(N)nc(-n2nc(Cc3cc(F)cc(F)c3F)c3ccccc32)nc1N)C(=O)O. The Hall–Kier alpha value is -4.35. The van der Waals surface area contributed by atoms with Gasteiger partial charge in [-0.1, -0.05) is 18.2 Å². The van der Waals surface area contributed by atoms with Gasteiger partial charge in [0.15, 0.2) is 11.6 Å². The van der Waals surface area contributed by atoms with Gasteiger partial charge in [0.2, 0.25) is 0 Å². The van der Waals surface area contributed by atoms with E-state index < -0.39 is 23.5 Å². The van der Waals surface area contributed by atoms with Gasteiger partial charge in [0.25, 0.3) is 5.95 Å². The molecule has 9 nitrogen and oxygen atoms in total. The lowest BCUT2D eigenvalue weighted by Gasteiger charge is -2.16. The Bertz CT molecular complexity index is 1370. The monoisotopic (exact) mass is 457 g/mol. The average Bonchev–Trinajstić information content (AvgIpc) is 3.12. The highest BCUT2D eigenvalue weighted by Crippen LogP contribution is 2.26. The molecule has 5 N–H and O–H groups in total. The van der Waals surface area contributed by atoms with E-state index in [1.165, 1.54) is 11.7 Å². The molecule has 0 aliphatic heterocycles. The van der Waals surface area contributed by atoms with Crippen LogP contribution in [0.2, 0.25) is 0 Å². The molecule has 33 heavy (non-hydrogen) atoms. The quantitative estimate of drug-likeness (QED) is 0.392. The van der Waals surface area contributed by atoms with Gasteiger partial charge >= 0.3 is 6.09 Å². The lowest BCUT2D eigenvalue weighted by Crippen LogP contribution is -2.26. The van der Waals surface area contributed by atoms with E-state index in [-0.39, 0.29) is 41.7 Å². The molecule has 4 aromatic rings. The van der Waals surface area contributed by atoms with Crippen LogP contribution in [0.15, 0.2) is 36.4 Å². The zero-order chi connectivity index (χ0) is 23.9. The number of aromatic nitrogens is 4. The topological polar surface area (TPSA) is 136 Å². The van der Waals surface area contributed by atoms with Crippen LogP contribution in [0.4, 0.5) is 29.6 Å². The Balaban J connectivity index is 1.80. The van der Waals surface area contributed by atoms with Crippen LogP contribution in [0.25, 0.3) is 16.9 Å². The molecular weight excluding hydrogens is 439 g/mol. The summed E-state index contributed by atoms with van der Waals surface area (Å²) >= 11 is 0.